The molecule has 2 heterocycles. The first-order valence-electron chi connectivity index (χ1n) is 11.9. The van der Waals surface area contributed by atoms with Gasteiger partial charge in [-0.25, -0.2) is 9.59 Å². The molecule has 37 heavy (non-hydrogen) atoms. The molecule has 4 rings (SSSR count). The molecule has 0 bridgehead atoms. The van der Waals surface area contributed by atoms with E-state index in [1.54, 1.807) is 48.5 Å². The highest BCUT2D eigenvalue weighted by Gasteiger charge is 2.52. The first-order valence-corrected chi connectivity index (χ1v) is 11.9. The number of hydrogen-bond donors (Lipinski definition) is 4. The van der Waals surface area contributed by atoms with E-state index in [4.69, 9.17) is 23.7 Å². The molecule has 4 N–H and O–H groups in total. The lowest BCUT2D eigenvalue weighted by Crippen LogP contribution is -2.64. The molecule has 0 spiro atoms. The van der Waals surface area contributed by atoms with Gasteiger partial charge >= 0.3 is 11.9 Å². The van der Waals surface area contributed by atoms with Crippen molar-refractivity contribution in [2.45, 2.75) is 75.3 Å². The van der Waals surface area contributed by atoms with Crippen molar-refractivity contribution in [1.29, 1.82) is 0 Å². The standard InChI is InChI=1S/C26H30O11/c1-13-17(27)18(28)19(29)26(34-13)37-21-20(35-23(30)15-9-5-3-6-10-15)14(2)33-25(32)22(21)36-24(31)16-11-7-4-8-12-16/h3-14,17-22,25-29,32H,1-2H3/t13-,14-,17-,18+,19+,20-,21+,22+,25+,26-/m0/s1. The topological polar surface area (TPSA) is 161 Å². The van der Waals surface area contributed by atoms with Crippen molar-refractivity contribution in [2.75, 3.05) is 0 Å². The first-order chi connectivity index (χ1) is 17.7. The molecular formula is C26H30O11. The van der Waals surface area contributed by atoms with Crippen LogP contribution in [-0.4, -0.2) is 93.8 Å². The summed E-state index contributed by atoms with van der Waals surface area (Å²) >= 11 is 0. The van der Waals surface area contributed by atoms with Gasteiger partial charge in [0.25, 0.3) is 0 Å². The third-order valence-corrected chi connectivity index (χ3v) is 6.35. The molecule has 0 amide bonds. The largest absolute Gasteiger partial charge is 0.453 e. The van der Waals surface area contributed by atoms with Crippen molar-refractivity contribution in [2.24, 2.45) is 0 Å². The number of ether oxygens (including phenoxy) is 5. The minimum absolute atomic E-state index is 0.186. The van der Waals surface area contributed by atoms with Gasteiger partial charge in [-0.05, 0) is 38.1 Å². The van der Waals surface area contributed by atoms with E-state index in [0.29, 0.717) is 0 Å². The molecule has 0 aromatic heterocycles. The lowest BCUT2D eigenvalue weighted by molar-refractivity contribution is -0.348. The van der Waals surface area contributed by atoms with Crippen LogP contribution in [0.15, 0.2) is 60.7 Å². The smallest absolute Gasteiger partial charge is 0.338 e. The molecule has 2 aromatic rings. The number of rotatable bonds is 6. The highest BCUT2D eigenvalue weighted by Crippen LogP contribution is 2.32. The van der Waals surface area contributed by atoms with Crippen LogP contribution in [0.1, 0.15) is 34.6 Å². The molecule has 2 aromatic carbocycles. The van der Waals surface area contributed by atoms with E-state index in [9.17, 15) is 30.0 Å². The highest BCUT2D eigenvalue weighted by atomic mass is 16.7. The Kier molecular flexibility index (Phi) is 8.55. The summed E-state index contributed by atoms with van der Waals surface area (Å²) in [4.78, 5) is 25.7. The van der Waals surface area contributed by atoms with E-state index in [1.165, 1.54) is 26.0 Å². The molecule has 0 radical (unpaired) electrons. The minimum atomic E-state index is -1.70. The number of esters is 2. The average molecular weight is 519 g/mol. The fourth-order valence-corrected chi connectivity index (χ4v) is 4.25. The van der Waals surface area contributed by atoms with Gasteiger partial charge in [0.2, 0.25) is 0 Å². The molecule has 0 saturated carbocycles. The van der Waals surface area contributed by atoms with E-state index in [0.717, 1.165) is 0 Å². The Morgan fingerprint density at radius 3 is 1.70 bits per heavy atom. The Morgan fingerprint density at radius 2 is 1.16 bits per heavy atom. The summed E-state index contributed by atoms with van der Waals surface area (Å²) in [6, 6.07) is 16.1. The Morgan fingerprint density at radius 1 is 0.649 bits per heavy atom. The number of hydrogen-bond acceptors (Lipinski definition) is 11. The Labute approximate surface area is 213 Å². The van der Waals surface area contributed by atoms with Gasteiger partial charge in [-0.3, -0.25) is 0 Å². The van der Waals surface area contributed by atoms with Gasteiger partial charge < -0.3 is 44.1 Å². The molecule has 2 saturated heterocycles. The molecule has 0 unspecified atom stereocenters. The molecular weight excluding hydrogens is 488 g/mol. The fourth-order valence-electron chi connectivity index (χ4n) is 4.25. The zero-order valence-corrected chi connectivity index (χ0v) is 20.2. The van der Waals surface area contributed by atoms with Crippen LogP contribution >= 0.6 is 0 Å². The summed E-state index contributed by atoms with van der Waals surface area (Å²) in [5.74, 6) is -1.54. The lowest BCUT2D eigenvalue weighted by atomic mass is 9.97. The molecule has 2 aliphatic heterocycles. The van der Waals surface area contributed by atoms with Crippen molar-refractivity contribution >= 4 is 11.9 Å². The summed E-state index contributed by atoms with van der Waals surface area (Å²) < 4.78 is 28.2. The van der Waals surface area contributed by atoms with Crippen molar-refractivity contribution in [3.63, 3.8) is 0 Å². The van der Waals surface area contributed by atoms with Crippen LogP contribution in [0.3, 0.4) is 0 Å². The first kappa shape index (κ1) is 27.1. The van der Waals surface area contributed by atoms with Crippen molar-refractivity contribution < 1.29 is 53.7 Å². The third kappa shape index (κ3) is 5.99. The second-order valence-corrected chi connectivity index (χ2v) is 8.99. The monoisotopic (exact) mass is 518 g/mol. The molecule has 2 aliphatic rings. The zero-order chi connectivity index (χ0) is 26.7. The maximum atomic E-state index is 12.9. The number of carbonyl (C=O) groups is 2. The summed E-state index contributed by atoms with van der Waals surface area (Å²) in [7, 11) is 0. The van der Waals surface area contributed by atoms with Gasteiger partial charge in [0, 0.05) is 0 Å². The van der Waals surface area contributed by atoms with Gasteiger partial charge in [-0.1, -0.05) is 36.4 Å². The van der Waals surface area contributed by atoms with Crippen molar-refractivity contribution in [3.05, 3.63) is 71.8 Å². The van der Waals surface area contributed by atoms with Crippen molar-refractivity contribution in [1.82, 2.24) is 0 Å². The van der Waals surface area contributed by atoms with Gasteiger partial charge in [0.15, 0.2) is 24.8 Å². The second kappa shape index (κ2) is 11.7. The number of carbonyl (C=O) groups excluding carboxylic acids is 2. The van der Waals surface area contributed by atoms with Crippen LogP contribution in [-0.2, 0) is 23.7 Å². The Balaban J connectivity index is 1.63. The second-order valence-electron chi connectivity index (χ2n) is 8.99. The number of benzene rings is 2. The molecule has 11 nitrogen and oxygen atoms in total. The van der Waals surface area contributed by atoms with E-state index in [-0.39, 0.29) is 11.1 Å². The van der Waals surface area contributed by atoms with E-state index >= 15 is 0 Å². The molecule has 10 atom stereocenters. The van der Waals surface area contributed by atoms with Crippen molar-refractivity contribution in [3.8, 4) is 0 Å². The Hall–Kier alpha value is -2.90. The van der Waals surface area contributed by atoms with Crippen LogP contribution in [0.4, 0.5) is 0 Å². The van der Waals surface area contributed by atoms with Crippen LogP contribution in [0.5, 0.6) is 0 Å². The lowest BCUT2D eigenvalue weighted by Gasteiger charge is -2.46. The maximum absolute atomic E-state index is 12.9. The molecule has 200 valence electrons. The predicted octanol–water partition coefficient (Wildman–Crippen LogP) is 0.387. The predicted molar refractivity (Wildman–Crippen MR) is 125 cm³/mol. The zero-order valence-electron chi connectivity index (χ0n) is 20.2. The summed E-state index contributed by atoms with van der Waals surface area (Å²) in [6.45, 7) is 2.99. The van der Waals surface area contributed by atoms with Gasteiger partial charge in [-0.15, -0.1) is 0 Å². The van der Waals surface area contributed by atoms with Crippen LogP contribution in [0.2, 0.25) is 0 Å². The fraction of sp³-hybridized carbons (Fsp3) is 0.462. The number of aliphatic hydroxyl groups excluding tert-OH is 4. The van der Waals surface area contributed by atoms with E-state index in [2.05, 4.69) is 0 Å². The number of aliphatic hydroxyl groups is 4. The quantitative estimate of drug-likeness (QED) is 0.392. The molecule has 11 heteroatoms. The summed E-state index contributed by atoms with van der Waals surface area (Å²) in [6.07, 6.45) is -13.9. The van der Waals surface area contributed by atoms with Gasteiger partial charge in [0.05, 0.1) is 23.3 Å². The molecule has 2 fully saturated rings. The molecule has 0 aliphatic carbocycles. The maximum Gasteiger partial charge on any atom is 0.338 e. The summed E-state index contributed by atoms with van der Waals surface area (Å²) in [5, 5.41) is 41.5. The normalized spacial score (nSPS) is 35.9. The minimum Gasteiger partial charge on any atom is -0.453 e. The van der Waals surface area contributed by atoms with E-state index < -0.39 is 73.4 Å². The van der Waals surface area contributed by atoms with Gasteiger partial charge in [0.1, 0.15) is 24.4 Å². The SMILES string of the molecule is C[C@@H]1O[C@@H](O[C@@H]2[C@@H](OC(=O)c3ccccc3)[C@H](C)O[C@@H](O)[C@@H]2OC(=O)c2ccccc2)[C@H](O)[C@H](O)[C@H]1O. The third-order valence-electron chi connectivity index (χ3n) is 6.35. The van der Waals surface area contributed by atoms with Gasteiger partial charge in [-0.2, -0.15) is 0 Å². The summed E-state index contributed by atoms with van der Waals surface area (Å²) in [5.41, 5.74) is 0.421. The average Bonchev–Trinajstić information content (AvgIpc) is 2.90. The van der Waals surface area contributed by atoms with E-state index in [1.807, 2.05) is 0 Å². The van der Waals surface area contributed by atoms with Crippen LogP contribution in [0, 0.1) is 0 Å². The van der Waals surface area contributed by atoms with Crippen LogP contribution < -0.4 is 0 Å². The van der Waals surface area contributed by atoms with Crippen LogP contribution in [0.25, 0.3) is 0 Å². The Bertz CT molecular complexity index is 984. The highest BCUT2D eigenvalue weighted by molar-refractivity contribution is 5.90.